The van der Waals surface area contributed by atoms with Crippen molar-refractivity contribution in [1.29, 1.82) is 0 Å². The van der Waals surface area contributed by atoms with E-state index in [0.29, 0.717) is 33.5 Å². The van der Waals surface area contributed by atoms with Gasteiger partial charge in [-0.3, -0.25) is 9.59 Å². The first-order valence-corrected chi connectivity index (χ1v) is 10.8. The summed E-state index contributed by atoms with van der Waals surface area (Å²) in [6.45, 7) is -0.552. The average molecular weight is 472 g/mol. The highest BCUT2D eigenvalue weighted by Gasteiger charge is 2.23. The second-order valence-corrected chi connectivity index (χ2v) is 7.69. The summed E-state index contributed by atoms with van der Waals surface area (Å²) in [5.74, 6) is -0.385. The van der Waals surface area contributed by atoms with Crippen LogP contribution >= 0.6 is 0 Å². The zero-order chi connectivity index (χ0) is 24.9. The van der Waals surface area contributed by atoms with E-state index in [1.807, 2.05) is 30.3 Å². The first-order chi connectivity index (χ1) is 16.9. The Morgan fingerprint density at radius 1 is 0.886 bits per heavy atom. The Bertz CT molecular complexity index is 1460. The number of methoxy groups -OCH3 is 2. The van der Waals surface area contributed by atoms with Gasteiger partial charge in [0.25, 0.3) is 11.5 Å². The van der Waals surface area contributed by atoms with Gasteiger partial charge in [0.1, 0.15) is 17.2 Å². The van der Waals surface area contributed by atoms with Gasteiger partial charge in [-0.05, 0) is 29.1 Å². The van der Waals surface area contributed by atoms with E-state index in [-0.39, 0.29) is 11.3 Å². The highest BCUT2D eigenvalue weighted by atomic mass is 16.5. The third-order valence-electron chi connectivity index (χ3n) is 5.58. The van der Waals surface area contributed by atoms with Crippen molar-refractivity contribution in [3.63, 3.8) is 0 Å². The topological polar surface area (TPSA) is 95.9 Å². The van der Waals surface area contributed by atoms with Gasteiger partial charge in [-0.2, -0.15) is 0 Å². The van der Waals surface area contributed by atoms with Gasteiger partial charge in [0.2, 0.25) is 0 Å². The van der Waals surface area contributed by atoms with Crippen LogP contribution in [-0.4, -0.2) is 37.3 Å². The van der Waals surface area contributed by atoms with Crippen LogP contribution in [0.15, 0.2) is 77.6 Å². The SMILES string of the molecule is COc1ccc(NC(=O)COC(=O)c2c(-c3ccccc3)c3ccccc3c(=O)n2C)c(OC)c1. The molecule has 0 fully saturated rings. The van der Waals surface area contributed by atoms with Crippen LogP contribution in [0.25, 0.3) is 21.9 Å². The van der Waals surface area contributed by atoms with Crippen molar-refractivity contribution in [3.8, 4) is 22.6 Å². The van der Waals surface area contributed by atoms with E-state index in [4.69, 9.17) is 14.2 Å². The third kappa shape index (κ3) is 4.72. The van der Waals surface area contributed by atoms with Crippen molar-refractivity contribution >= 4 is 28.3 Å². The van der Waals surface area contributed by atoms with Gasteiger partial charge < -0.3 is 24.1 Å². The monoisotopic (exact) mass is 472 g/mol. The first-order valence-electron chi connectivity index (χ1n) is 10.8. The molecule has 0 atom stereocenters. The van der Waals surface area contributed by atoms with E-state index < -0.39 is 18.5 Å². The lowest BCUT2D eigenvalue weighted by molar-refractivity contribution is -0.119. The molecule has 1 N–H and O–H groups in total. The number of aromatic nitrogens is 1. The predicted molar refractivity (Wildman–Crippen MR) is 133 cm³/mol. The van der Waals surface area contributed by atoms with E-state index in [1.54, 1.807) is 42.5 Å². The second kappa shape index (κ2) is 10.1. The van der Waals surface area contributed by atoms with Crippen molar-refractivity contribution in [1.82, 2.24) is 4.57 Å². The summed E-state index contributed by atoms with van der Waals surface area (Å²) in [5, 5.41) is 3.76. The number of esters is 1. The van der Waals surface area contributed by atoms with Crippen LogP contribution in [0.3, 0.4) is 0 Å². The molecule has 0 saturated carbocycles. The molecule has 35 heavy (non-hydrogen) atoms. The van der Waals surface area contributed by atoms with Gasteiger partial charge in [-0.1, -0.05) is 48.5 Å². The number of anilines is 1. The maximum absolute atomic E-state index is 13.2. The summed E-state index contributed by atoms with van der Waals surface area (Å²) >= 11 is 0. The number of rotatable bonds is 7. The number of pyridine rings is 1. The number of hydrogen-bond donors (Lipinski definition) is 1. The predicted octanol–water partition coefficient (Wildman–Crippen LogP) is 4.02. The van der Waals surface area contributed by atoms with Crippen LogP contribution in [0.5, 0.6) is 11.5 Å². The Morgan fingerprint density at radius 3 is 2.26 bits per heavy atom. The van der Waals surface area contributed by atoms with Crippen LogP contribution < -0.4 is 20.3 Å². The number of nitrogens with zero attached hydrogens (tertiary/aromatic N) is 1. The number of fused-ring (bicyclic) bond motifs is 1. The fourth-order valence-electron chi connectivity index (χ4n) is 3.89. The molecular weight excluding hydrogens is 448 g/mol. The quantitative estimate of drug-likeness (QED) is 0.408. The molecule has 0 aliphatic rings. The third-order valence-corrected chi connectivity index (χ3v) is 5.58. The van der Waals surface area contributed by atoms with Gasteiger partial charge in [0.15, 0.2) is 6.61 Å². The number of ether oxygens (including phenoxy) is 3. The van der Waals surface area contributed by atoms with Crippen molar-refractivity contribution < 1.29 is 23.8 Å². The normalized spacial score (nSPS) is 10.6. The van der Waals surface area contributed by atoms with E-state index >= 15 is 0 Å². The van der Waals surface area contributed by atoms with Gasteiger partial charge in [0, 0.05) is 24.1 Å². The maximum Gasteiger partial charge on any atom is 0.356 e. The summed E-state index contributed by atoms with van der Waals surface area (Å²) in [6.07, 6.45) is 0. The molecule has 3 aromatic carbocycles. The van der Waals surface area contributed by atoms with Crippen LogP contribution in [0.2, 0.25) is 0 Å². The Morgan fingerprint density at radius 2 is 1.57 bits per heavy atom. The zero-order valence-corrected chi connectivity index (χ0v) is 19.5. The molecule has 0 spiro atoms. The fourth-order valence-corrected chi connectivity index (χ4v) is 3.89. The van der Waals surface area contributed by atoms with Crippen LogP contribution in [-0.2, 0) is 16.6 Å². The highest BCUT2D eigenvalue weighted by molar-refractivity contribution is 6.07. The smallest absolute Gasteiger partial charge is 0.356 e. The molecule has 0 radical (unpaired) electrons. The van der Waals surface area contributed by atoms with Crippen LogP contribution in [0.1, 0.15) is 10.5 Å². The number of carbonyl (C=O) groups excluding carboxylic acids is 2. The fraction of sp³-hybridized carbons (Fsp3) is 0.148. The molecule has 8 heteroatoms. The van der Waals surface area contributed by atoms with E-state index in [9.17, 15) is 14.4 Å². The minimum atomic E-state index is -0.786. The lowest BCUT2D eigenvalue weighted by Gasteiger charge is -2.17. The lowest BCUT2D eigenvalue weighted by atomic mass is 9.97. The summed E-state index contributed by atoms with van der Waals surface area (Å²) in [5.41, 5.74) is 1.44. The summed E-state index contributed by atoms with van der Waals surface area (Å²) in [7, 11) is 4.51. The molecule has 0 bridgehead atoms. The molecular formula is C27H24N2O6. The Kier molecular flexibility index (Phi) is 6.82. The zero-order valence-electron chi connectivity index (χ0n) is 19.5. The van der Waals surface area contributed by atoms with E-state index in [2.05, 4.69) is 5.32 Å². The van der Waals surface area contributed by atoms with Crippen molar-refractivity contribution in [2.75, 3.05) is 26.1 Å². The van der Waals surface area contributed by atoms with Gasteiger partial charge in [0.05, 0.1) is 19.9 Å². The second-order valence-electron chi connectivity index (χ2n) is 7.69. The number of benzene rings is 3. The number of nitrogens with one attached hydrogen (secondary N) is 1. The molecule has 1 amide bonds. The van der Waals surface area contributed by atoms with Crippen LogP contribution in [0, 0.1) is 0 Å². The highest BCUT2D eigenvalue weighted by Crippen LogP contribution is 2.31. The Balaban J connectivity index is 1.64. The number of carbonyl (C=O) groups is 2. The van der Waals surface area contributed by atoms with Crippen LogP contribution in [0.4, 0.5) is 5.69 Å². The molecule has 1 heterocycles. The maximum atomic E-state index is 13.2. The van der Waals surface area contributed by atoms with E-state index in [0.717, 1.165) is 5.56 Å². The Hall–Kier alpha value is -4.59. The standard InChI is InChI=1S/C27H24N2O6/c1-29-25(24(17-9-5-4-6-10-17)19-11-7-8-12-20(19)26(29)31)27(32)35-16-23(30)28-21-14-13-18(33-2)15-22(21)34-3/h4-15H,16H2,1-3H3,(H,28,30). The lowest BCUT2D eigenvalue weighted by Crippen LogP contribution is -2.28. The van der Waals surface area contributed by atoms with E-state index in [1.165, 1.54) is 25.8 Å². The molecule has 4 aromatic rings. The number of hydrogen-bond acceptors (Lipinski definition) is 6. The largest absolute Gasteiger partial charge is 0.497 e. The molecule has 178 valence electrons. The molecule has 0 unspecified atom stereocenters. The molecule has 4 rings (SSSR count). The average Bonchev–Trinajstić information content (AvgIpc) is 2.89. The molecule has 8 nitrogen and oxygen atoms in total. The van der Waals surface area contributed by atoms with Gasteiger partial charge in [-0.15, -0.1) is 0 Å². The van der Waals surface area contributed by atoms with Crippen molar-refractivity contribution in [2.45, 2.75) is 0 Å². The van der Waals surface area contributed by atoms with Crippen molar-refractivity contribution in [2.24, 2.45) is 7.05 Å². The molecule has 0 aliphatic heterocycles. The Labute approximate surface area is 201 Å². The molecule has 1 aromatic heterocycles. The van der Waals surface area contributed by atoms with Gasteiger partial charge in [-0.25, -0.2) is 4.79 Å². The summed E-state index contributed by atoms with van der Waals surface area (Å²) in [4.78, 5) is 38.8. The number of amides is 1. The molecule has 0 aliphatic carbocycles. The molecule has 0 saturated heterocycles. The summed E-state index contributed by atoms with van der Waals surface area (Å²) in [6, 6.07) is 21.3. The van der Waals surface area contributed by atoms with Crippen molar-refractivity contribution in [3.05, 3.63) is 88.8 Å². The minimum Gasteiger partial charge on any atom is -0.497 e. The summed E-state index contributed by atoms with van der Waals surface area (Å²) < 4.78 is 17.0. The van der Waals surface area contributed by atoms with Gasteiger partial charge >= 0.3 is 5.97 Å². The minimum absolute atomic E-state index is 0.0646. The first kappa shape index (κ1) is 23.6.